The van der Waals surface area contributed by atoms with Gasteiger partial charge in [0.15, 0.2) is 0 Å². The molecule has 0 aromatic carbocycles. The number of hydrogen-bond donors (Lipinski definition) is 2. The predicted molar refractivity (Wildman–Crippen MR) is 66.2 cm³/mol. The highest BCUT2D eigenvalue weighted by atomic mass is 16.5. The van der Waals surface area contributed by atoms with Gasteiger partial charge >= 0.3 is 5.97 Å². The maximum Gasteiger partial charge on any atom is 0.323 e. The molecule has 0 amide bonds. The van der Waals surface area contributed by atoms with E-state index < -0.39 is 11.5 Å². The van der Waals surface area contributed by atoms with Crippen LogP contribution in [-0.2, 0) is 9.53 Å². The number of ether oxygens (including phenoxy) is 1. The Morgan fingerprint density at radius 1 is 1.53 bits per heavy atom. The van der Waals surface area contributed by atoms with E-state index in [4.69, 9.17) is 4.74 Å². The Kier molecular flexibility index (Phi) is 5.36. The van der Waals surface area contributed by atoms with Crippen LogP contribution in [0.15, 0.2) is 0 Å². The third-order valence-electron chi connectivity index (χ3n) is 3.38. The molecule has 1 fully saturated rings. The van der Waals surface area contributed by atoms with E-state index in [1.54, 1.807) is 6.92 Å². The molecule has 17 heavy (non-hydrogen) atoms. The molecule has 0 aromatic heterocycles. The molecule has 1 saturated heterocycles. The van der Waals surface area contributed by atoms with Crippen LogP contribution in [0.25, 0.3) is 0 Å². The van der Waals surface area contributed by atoms with E-state index in [2.05, 4.69) is 10.2 Å². The quantitative estimate of drug-likeness (QED) is 0.714. The largest absolute Gasteiger partial charge is 0.480 e. The van der Waals surface area contributed by atoms with Crippen molar-refractivity contribution in [1.82, 2.24) is 10.2 Å². The summed E-state index contributed by atoms with van der Waals surface area (Å²) < 4.78 is 5.29. The summed E-state index contributed by atoms with van der Waals surface area (Å²) in [7, 11) is 0. The number of carbonyl (C=O) groups is 1. The Bertz CT molecular complexity index is 254. The minimum atomic E-state index is -0.828. The van der Waals surface area contributed by atoms with Crippen LogP contribution in [-0.4, -0.2) is 60.4 Å². The molecular weight excluding hydrogens is 220 g/mol. The van der Waals surface area contributed by atoms with Crippen LogP contribution in [0.3, 0.4) is 0 Å². The first-order chi connectivity index (χ1) is 7.98. The van der Waals surface area contributed by atoms with Crippen LogP contribution in [0.2, 0.25) is 0 Å². The molecule has 0 bridgehead atoms. The molecule has 2 unspecified atom stereocenters. The van der Waals surface area contributed by atoms with Gasteiger partial charge in [0.05, 0.1) is 13.2 Å². The normalized spacial score (nSPS) is 23.0. The van der Waals surface area contributed by atoms with Crippen LogP contribution in [0.4, 0.5) is 0 Å². The number of rotatable bonds is 6. The van der Waals surface area contributed by atoms with Gasteiger partial charge in [0, 0.05) is 25.7 Å². The first kappa shape index (κ1) is 14.4. The highest BCUT2D eigenvalue weighted by Gasteiger charge is 2.32. The number of carboxylic acids is 1. The summed E-state index contributed by atoms with van der Waals surface area (Å²) in [4.78, 5) is 13.5. The fourth-order valence-electron chi connectivity index (χ4n) is 2.08. The van der Waals surface area contributed by atoms with Crippen LogP contribution in [0.5, 0.6) is 0 Å². The number of aliphatic carboxylic acids is 1. The van der Waals surface area contributed by atoms with Gasteiger partial charge in [-0.3, -0.25) is 15.0 Å². The van der Waals surface area contributed by atoms with Crippen LogP contribution >= 0.6 is 0 Å². The van der Waals surface area contributed by atoms with Crippen molar-refractivity contribution < 1.29 is 14.6 Å². The lowest BCUT2D eigenvalue weighted by molar-refractivity contribution is -0.144. The topological polar surface area (TPSA) is 61.8 Å². The van der Waals surface area contributed by atoms with E-state index in [0.717, 1.165) is 32.8 Å². The Morgan fingerprint density at radius 2 is 2.12 bits per heavy atom. The third-order valence-corrected chi connectivity index (χ3v) is 3.38. The van der Waals surface area contributed by atoms with E-state index in [0.29, 0.717) is 6.42 Å². The second-order valence-electron chi connectivity index (χ2n) is 4.95. The third kappa shape index (κ3) is 4.26. The molecule has 1 heterocycles. The number of nitrogens with zero attached hydrogens (tertiary/aromatic N) is 1. The average Bonchev–Trinajstić information content (AvgIpc) is 2.29. The van der Waals surface area contributed by atoms with Crippen molar-refractivity contribution in [2.75, 3.05) is 32.8 Å². The summed E-state index contributed by atoms with van der Waals surface area (Å²) in [6.07, 6.45) is 0.579. The molecule has 5 nitrogen and oxygen atoms in total. The van der Waals surface area contributed by atoms with Crippen LogP contribution in [0.1, 0.15) is 27.2 Å². The lowest BCUT2D eigenvalue weighted by Crippen LogP contribution is -2.56. The zero-order valence-corrected chi connectivity index (χ0v) is 11.0. The lowest BCUT2D eigenvalue weighted by Gasteiger charge is -2.33. The van der Waals surface area contributed by atoms with Gasteiger partial charge in [0.2, 0.25) is 0 Å². The first-order valence-corrected chi connectivity index (χ1v) is 6.29. The van der Waals surface area contributed by atoms with Crippen LogP contribution in [0, 0.1) is 0 Å². The van der Waals surface area contributed by atoms with E-state index in [9.17, 15) is 9.90 Å². The van der Waals surface area contributed by atoms with Gasteiger partial charge in [-0.1, -0.05) is 6.92 Å². The van der Waals surface area contributed by atoms with Gasteiger partial charge in [-0.2, -0.15) is 0 Å². The summed E-state index contributed by atoms with van der Waals surface area (Å²) in [5, 5.41) is 12.4. The SMILES string of the molecule is CCC(C)(NC(C)CN1CCOCC1)C(=O)O. The molecule has 5 heteroatoms. The number of morpholine rings is 1. The smallest absolute Gasteiger partial charge is 0.323 e. The fraction of sp³-hybridized carbons (Fsp3) is 0.917. The second kappa shape index (κ2) is 6.33. The molecule has 1 rings (SSSR count). The van der Waals surface area contributed by atoms with Gasteiger partial charge in [-0.15, -0.1) is 0 Å². The monoisotopic (exact) mass is 244 g/mol. The van der Waals surface area contributed by atoms with Crippen molar-refractivity contribution in [2.24, 2.45) is 0 Å². The Balaban J connectivity index is 2.41. The molecular formula is C12H24N2O3. The Morgan fingerprint density at radius 3 is 2.59 bits per heavy atom. The van der Waals surface area contributed by atoms with Crippen molar-refractivity contribution >= 4 is 5.97 Å². The van der Waals surface area contributed by atoms with Gasteiger partial charge in [0.25, 0.3) is 0 Å². The van der Waals surface area contributed by atoms with Crippen molar-refractivity contribution in [2.45, 2.75) is 38.8 Å². The first-order valence-electron chi connectivity index (χ1n) is 6.29. The van der Waals surface area contributed by atoms with Gasteiger partial charge < -0.3 is 9.84 Å². The standard InChI is InChI=1S/C12H24N2O3/c1-4-12(3,11(15)16)13-10(2)9-14-5-7-17-8-6-14/h10,13H,4-9H2,1-3H3,(H,15,16). The van der Waals surface area contributed by atoms with Crippen LogP contribution < -0.4 is 5.32 Å². The van der Waals surface area contributed by atoms with E-state index >= 15 is 0 Å². The van der Waals surface area contributed by atoms with Gasteiger partial charge in [-0.05, 0) is 20.3 Å². The number of carboxylic acid groups (broad SMARTS) is 1. The minimum absolute atomic E-state index is 0.161. The molecule has 1 aliphatic rings. The van der Waals surface area contributed by atoms with Crippen molar-refractivity contribution in [3.05, 3.63) is 0 Å². The molecule has 2 N–H and O–H groups in total. The summed E-state index contributed by atoms with van der Waals surface area (Å²) in [6.45, 7) is 9.95. The zero-order valence-electron chi connectivity index (χ0n) is 11.0. The Hall–Kier alpha value is -0.650. The fourth-order valence-corrected chi connectivity index (χ4v) is 2.08. The maximum atomic E-state index is 11.2. The predicted octanol–water partition coefficient (Wildman–Crippen LogP) is 0.550. The van der Waals surface area contributed by atoms with Gasteiger partial charge in [0.1, 0.15) is 5.54 Å². The molecule has 0 spiro atoms. The molecule has 2 atom stereocenters. The molecule has 0 aromatic rings. The molecule has 0 aliphatic carbocycles. The number of hydrogen-bond acceptors (Lipinski definition) is 4. The van der Waals surface area contributed by atoms with Crippen molar-refractivity contribution in [1.29, 1.82) is 0 Å². The highest BCUT2D eigenvalue weighted by molar-refractivity contribution is 5.78. The van der Waals surface area contributed by atoms with E-state index in [1.807, 2.05) is 13.8 Å². The Labute approximate surface area is 103 Å². The summed E-state index contributed by atoms with van der Waals surface area (Å²) >= 11 is 0. The van der Waals surface area contributed by atoms with Crippen molar-refractivity contribution in [3.8, 4) is 0 Å². The summed E-state index contributed by atoms with van der Waals surface area (Å²) in [5.74, 6) is -0.783. The molecule has 0 radical (unpaired) electrons. The molecule has 100 valence electrons. The van der Waals surface area contributed by atoms with Crippen molar-refractivity contribution in [3.63, 3.8) is 0 Å². The molecule has 1 aliphatic heterocycles. The highest BCUT2D eigenvalue weighted by Crippen LogP contribution is 2.11. The molecule has 0 saturated carbocycles. The lowest BCUT2D eigenvalue weighted by atomic mass is 9.98. The average molecular weight is 244 g/mol. The minimum Gasteiger partial charge on any atom is -0.480 e. The number of nitrogens with one attached hydrogen (secondary N) is 1. The van der Waals surface area contributed by atoms with Gasteiger partial charge in [-0.25, -0.2) is 0 Å². The van der Waals surface area contributed by atoms with E-state index in [1.165, 1.54) is 0 Å². The summed E-state index contributed by atoms with van der Waals surface area (Å²) in [5.41, 5.74) is -0.828. The maximum absolute atomic E-state index is 11.2. The summed E-state index contributed by atoms with van der Waals surface area (Å²) in [6, 6.07) is 0.161. The zero-order chi connectivity index (χ0) is 12.9. The second-order valence-corrected chi connectivity index (χ2v) is 4.95. The van der Waals surface area contributed by atoms with E-state index in [-0.39, 0.29) is 6.04 Å².